The van der Waals surface area contributed by atoms with Gasteiger partial charge in [-0.15, -0.1) is 0 Å². The SMILES string of the molecule is CCC1CCCCC1Oc1c(Br)cccc1CCN. The summed E-state index contributed by atoms with van der Waals surface area (Å²) in [4.78, 5) is 0. The number of hydrogen-bond donors (Lipinski definition) is 1. The van der Waals surface area contributed by atoms with Crippen molar-refractivity contribution < 1.29 is 4.74 Å². The van der Waals surface area contributed by atoms with Crippen LogP contribution in [-0.4, -0.2) is 12.6 Å². The zero-order valence-corrected chi connectivity index (χ0v) is 13.3. The van der Waals surface area contributed by atoms with Crippen molar-refractivity contribution in [1.82, 2.24) is 0 Å². The maximum absolute atomic E-state index is 6.37. The Morgan fingerprint density at radius 3 is 2.84 bits per heavy atom. The van der Waals surface area contributed by atoms with Gasteiger partial charge in [0, 0.05) is 0 Å². The maximum Gasteiger partial charge on any atom is 0.137 e. The molecule has 1 aliphatic rings. The molecule has 1 aromatic carbocycles. The lowest BCUT2D eigenvalue weighted by Gasteiger charge is -2.32. The van der Waals surface area contributed by atoms with Crippen LogP contribution < -0.4 is 10.5 Å². The van der Waals surface area contributed by atoms with Crippen molar-refractivity contribution in [2.24, 2.45) is 11.7 Å². The largest absolute Gasteiger partial charge is 0.489 e. The molecule has 1 saturated carbocycles. The number of ether oxygens (including phenoxy) is 1. The van der Waals surface area contributed by atoms with Gasteiger partial charge in [-0.1, -0.05) is 25.5 Å². The first-order valence-corrected chi connectivity index (χ1v) is 8.19. The van der Waals surface area contributed by atoms with Crippen molar-refractivity contribution in [2.75, 3.05) is 6.54 Å². The third-order valence-electron chi connectivity index (χ3n) is 4.10. The molecule has 0 bridgehead atoms. The van der Waals surface area contributed by atoms with Gasteiger partial charge < -0.3 is 10.5 Å². The van der Waals surface area contributed by atoms with E-state index in [0.717, 1.165) is 16.6 Å². The molecule has 1 aromatic rings. The summed E-state index contributed by atoms with van der Waals surface area (Å²) in [5, 5.41) is 0. The van der Waals surface area contributed by atoms with E-state index in [-0.39, 0.29) is 0 Å². The van der Waals surface area contributed by atoms with Crippen LogP contribution in [0.2, 0.25) is 0 Å². The standard InChI is InChI=1S/C16H24BrNO/c1-2-12-6-3-4-9-15(12)19-16-13(10-11-18)7-5-8-14(16)17/h5,7-8,12,15H,2-4,6,9-11,18H2,1H3. The minimum absolute atomic E-state index is 0.369. The lowest BCUT2D eigenvalue weighted by Crippen LogP contribution is -2.30. The molecule has 2 N–H and O–H groups in total. The summed E-state index contributed by atoms with van der Waals surface area (Å²) in [7, 11) is 0. The fraction of sp³-hybridized carbons (Fsp3) is 0.625. The Morgan fingerprint density at radius 1 is 1.32 bits per heavy atom. The molecule has 3 heteroatoms. The second-order valence-electron chi connectivity index (χ2n) is 5.38. The van der Waals surface area contributed by atoms with Crippen LogP contribution >= 0.6 is 15.9 Å². The van der Waals surface area contributed by atoms with E-state index in [2.05, 4.69) is 41.1 Å². The Bertz CT molecular complexity index is 408. The smallest absolute Gasteiger partial charge is 0.137 e. The molecule has 2 atom stereocenters. The second-order valence-corrected chi connectivity index (χ2v) is 6.23. The van der Waals surface area contributed by atoms with E-state index in [9.17, 15) is 0 Å². The first-order chi connectivity index (χ1) is 9.26. The minimum atomic E-state index is 0.369. The van der Waals surface area contributed by atoms with Gasteiger partial charge in [0.05, 0.1) is 4.47 Å². The van der Waals surface area contributed by atoms with E-state index in [4.69, 9.17) is 10.5 Å². The van der Waals surface area contributed by atoms with Gasteiger partial charge in [0.15, 0.2) is 0 Å². The summed E-state index contributed by atoms with van der Waals surface area (Å²) in [5.41, 5.74) is 6.91. The van der Waals surface area contributed by atoms with Crippen LogP contribution in [0.15, 0.2) is 22.7 Å². The highest BCUT2D eigenvalue weighted by molar-refractivity contribution is 9.10. The maximum atomic E-state index is 6.37. The number of para-hydroxylation sites is 1. The Labute approximate surface area is 124 Å². The highest BCUT2D eigenvalue weighted by Gasteiger charge is 2.26. The molecule has 2 rings (SSSR count). The molecule has 0 amide bonds. The van der Waals surface area contributed by atoms with Crippen LogP contribution in [-0.2, 0) is 6.42 Å². The van der Waals surface area contributed by atoms with Crippen LogP contribution in [0, 0.1) is 5.92 Å². The molecule has 19 heavy (non-hydrogen) atoms. The molecule has 2 nitrogen and oxygen atoms in total. The molecule has 0 aliphatic heterocycles. The highest BCUT2D eigenvalue weighted by atomic mass is 79.9. The zero-order valence-electron chi connectivity index (χ0n) is 11.7. The van der Waals surface area contributed by atoms with Gasteiger partial charge in [0.25, 0.3) is 0 Å². The van der Waals surface area contributed by atoms with E-state index in [0.29, 0.717) is 18.6 Å². The van der Waals surface area contributed by atoms with E-state index in [1.165, 1.54) is 37.7 Å². The fourth-order valence-corrected chi connectivity index (χ4v) is 3.49. The molecular weight excluding hydrogens is 302 g/mol. The molecule has 0 saturated heterocycles. The average Bonchev–Trinajstić information content (AvgIpc) is 2.43. The summed E-state index contributed by atoms with van der Waals surface area (Å²) in [6.45, 7) is 2.93. The van der Waals surface area contributed by atoms with Gasteiger partial charge in [0.1, 0.15) is 11.9 Å². The Hall–Kier alpha value is -0.540. The lowest BCUT2D eigenvalue weighted by atomic mass is 9.84. The normalized spacial score (nSPS) is 23.3. The summed E-state index contributed by atoms with van der Waals surface area (Å²) in [6, 6.07) is 6.23. The topological polar surface area (TPSA) is 35.2 Å². The van der Waals surface area contributed by atoms with Crippen LogP contribution in [0.1, 0.15) is 44.6 Å². The molecule has 106 valence electrons. The predicted molar refractivity (Wildman–Crippen MR) is 83.6 cm³/mol. The van der Waals surface area contributed by atoms with Crippen LogP contribution in [0.25, 0.3) is 0 Å². The third-order valence-corrected chi connectivity index (χ3v) is 4.72. The number of rotatable bonds is 5. The monoisotopic (exact) mass is 325 g/mol. The molecule has 0 aromatic heterocycles. The fourth-order valence-electron chi connectivity index (χ4n) is 2.99. The number of hydrogen-bond acceptors (Lipinski definition) is 2. The van der Waals surface area contributed by atoms with Gasteiger partial charge in [-0.2, -0.15) is 0 Å². The first kappa shape index (κ1) is 14.9. The van der Waals surface area contributed by atoms with E-state index >= 15 is 0 Å². The van der Waals surface area contributed by atoms with E-state index in [1.54, 1.807) is 0 Å². The molecule has 2 unspecified atom stereocenters. The molecule has 1 aliphatic carbocycles. The van der Waals surface area contributed by atoms with Gasteiger partial charge in [-0.05, 0) is 72.1 Å². The minimum Gasteiger partial charge on any atom is -0.489 e. The second kappa shape index (κ2) is 7.30. The first-order valence-electron chi connectivity index (χ1n) is 7.40. The number of nitrogens with two attached hydrogens (primary N) is 1. The number of benzene rings is 1. The Morgan fingerprint density at radius 2 is 2.11 bits per heavy atom. The predicted octanol–water partition coefficient (Wildman–Crippen LogP) is 4.30. The molecule has 1 fully saturated rings. The highest BCUT2D eigenvalue weighted by Crippen LogP contribution is 2.35. The molecule has 0 heterocycles. The molecular formula is C16H24BrNO. The van der Waals surface area contributed by atoms with Crippen molar-refractivity contribution in [3.8, 4) is 5.75 Å². The number of halogens is 1. The van der Waals surface area contributed by atoms with Crippen molar-refractivity contribution in [3.63, 3.8) is 0 Å². The van der Waals surface area contributed by atoms with Gasteiger partial charge >= 0.3 is 0 Å². The van der Waals surface area contributed by atoms with Gasteiger partial charge in [-0.3, -0.25) is 0 Å². The summed E-state index contributed by atoms with van der Waals surface area (Å²) in [6.07, 6.45) is 7.58. The molecule has 0 radical (unpaired) electrons. The van der Waals surface area contributed by atoms with Crippen LogP contribution in [0.4, 0.5) is 0 Å². The molecule has 0 spiro atoms. The van der Waals surface area contributed by atoms with Crippen molar-refractivity contribution in [1.29, 1.82) is 0 Å². The lowest BCUT2D eigenvalue weighted by molar-refractivity contribution is 0.0887. The van der Waals surface area contributed by atoms with Crippen molar-refractivity contribution >= 4 is 15.9 Å². The van der Waals surface area contributed by atoms with E-state index in [1.807, 2.05) is 0 Å². The summed E-state index contributed by atoms with van der Waals surface area (Å²) >= 11 is 3.62. The average molecular weight is 326 g/mol. The Balaban J connectivity index is 2.16. The van der Waals surface area contributed by atoms with Crippen LogP contribution in [0.5, 0.6) is 5.75 Å². The zero-order chi connectivity index (χ0) is 13.7. The van der Waals surface area contributed by atoms with Crippen LogP contribution in [0.3, 0.4) is 0 Å². The summed E-state index contributed by atoms with van der Waals surface area (Å²) < 4.78 is 7.43. The van der Waals surface area contributed by atoms with Gasteiger partial charge in [0.2, 0.25) is 0 Å². The third kappa shape index (κ3) is 3.73. The van der Waals surface area contributed by atoms with Crippen molar-refractivity contribution in [3.05, 3.63) is 28.2 Å². The Kier molecular flexibility index (Phi) is 5.71. The van der Waals surface area contributed by atoms with E-state index < -0.39 is 0 Å². The van der Waals surface area contributed by atoms with Gasteiger partial charge in [-0.25, -0.2) is 0 Å². The summed E-state index contributed by atoms with van der Waals surface area (Å²) in [5.74, 6) is 1.71. The quantitative estimate of drug-likeness (QED) is 0.876. The van der Waals surface area contributed by atoms with Crippen molar-refractivity contribution in [2.45, 2.75) is 51.6 Å².